The smallest absolute Gasteiger partial charge is 0.475 e. The van der Waals surface area contributed by atoms with E-state index in [0.717, 1.165) is 16.8 Å². The number of benzene rings is 2. The molecule has 12 heteroatoms. The van der Waals surface area contributed by atoms with Crippen molar-refractivity contribution in [1.29, 1.82) is 0 Å². The Morgan fingerprint density at radius 1 is 1.09 bits per heavy atom. The fraction of sp³-hybridized carbons (Fsp3) is 0.318. The van der Waals surface area contributed by atoms with E-state index >= 15 is 0 Å². The van der Waals surface area contributed by atoms with Gasteiger partial charge < -0.3 is 14.2 Å². The predicted octanol–water partition coefficient (Wildman–Crippen LogP) is 4.35. The second kappa shape index (κ2) is 9.80. The van der Waals surface area contributed by atoms with E-state index in [9.17, 15) is 22.8 Å². The summed E-state index contributed by atoms with van der Waals surface area (Å²) in [6, 6.07) is 9.63. The van der Waals surface area contributed by atoms with Crippen LogP contribution in [0.4, 0.5) is 13.2 Å². The number of alkyl halides is 3. The average Bonchev–Trinajstić information content (AvgIpc) is 3.10. The minimum atomic E-state index is -4.81. The summed E-state index contributed by atoms with van der Waals surface area (Å²) >= 11 is 6.30. The van der Waals surface area contributed by atoms with Crippen LogP contribution in [-0.2, 0) is 16.1 Å². The first-order valence-corrected chi connectivity index (χ1v) is 10.4. The molecule has 34 heavy (non-hydrogen) atoms. The van der Waals surface area contributed by atoms with Gasteiger partial charge >= 0.3 is 18.0 Å². The molecule has 0 atom stereocenters. The molecular formula is C22H21ClF3N3O5. The Kier molecular flexibility index (Phi) is 7.25. The molecule has 182 valence electrons. The maximum atomic E-state index is 12.7. The molecule has 1 aromatic heterocycles. The first-order chi connectivity index (χ1) is 15.9. The molecule has 1 heterocycles. The van der Waals surface area contributed by atoms with Crippen LogP contribution in [0.3, 0.4) is 0 Å². The molecule has 0 aliphatic heterocycles. The van der Waals surface area contributed by atoms with Gasteiger partial charge in [0, 0.05) is 0 Å². The number of hydrogen-bond donors (Lipinski definition) is 0. The molecule has 0 spiro atoms. The summed E-state index contributed by atoms with van der Waals surface area (Å²) in [5.41, 5.74) is -0.817. The number of aromatic nitrogens is 3. The molecule has 0 bridgehead atoms. The molecule has 0 N–H and O–H groups in total. The van der Waals surface area contributed by atoms with Crippen molar-refractivity contribution in [3.63, 3.8) is 0 Å². The van der Waals surface area contributed by atoms with Crippen molar-refractivity contribution in [3.05, 3.63) is 69.9 Å². The van der Waals surface area contributed by atoms with Crippen LogP contribution in [-0.4, -0.2) is 38.9 Å². The van der Waals surface area contributed by atoms with E-state index in [1.54, 1.807) is 39.0 Å². The minimum absolute atomic E-state index is 0.0718. The third kappa shape index (κ3) is 6.10. The predicted molar refractivity (Wildman–Crippen MR) is 116 cm³/mol. The van der Waals surface area contributed by atoms with Crippen molar-refractivity contribution in [1.82, 2.24) is 14.3 Å². The summed E-state index contributed by atoms with van der Waals surface area (Å²) in [6.07, 6.45) is -3.55. The lowest BCUT2D eigenvalue weighted by atomic mass is 10.1. The van der Waals surface area contributed by atoms with Gasteiger partial charge in [-0.25, -0.2) is 18.8 Å². The Labute approximate surface area is 197 Å². The Morgan fingerprint density at radius 2 is 1.76 bits per heavy atom. The second-order valence-corrected chi connectivity index (χ2v) is 7.99. The number of carbonyl (C=O) groups excluding carboxylic acids is 1. The standard InChI is InChI=1S/C22H21ClF3N3O5/c1-4-32-19(30)21(2,3)34-18-10-5-14(11-17(18)23)12-29-20(31)28(13-27-29)15-6-8-16(9-7-15)33-22(24,25)26/h5-11,13H,4,12H2,1-3H3. The molecule has 3 aromatic rings. The summed E-state index contributed by atoms with van der Waals surface area (Å²) < 4.78 is 53.8. The topological polar surface area (TPSA) is 84.6 Å². The van der Waals surface area contributed by atoms with Crippen molar-refractivity contribution in [2.45, 2.75) is 39.3 Å². The zero-order chi connectivity index (χ0) is 25.1. The largest absolute Gasteiger partial charge is 0.573 e. The molecule has 0 saturated carbocycles. The Bertz CT molecular complexity index is 1220. The Balaban J connectivity index is 1.74. The fourth-order valence-electron chi connectivity index (χ4n) is 2.95. The normalized spacial score (nSPS) is 11.9. The van der Waals surface area contributed by atoms with E-state index in [2.05, 4.69) is 9.84 Å². The third-order valence-corrected chi connectivity index (χ3v) is 4.84. The van der Waals surface area contributed by atoms with E-state index in [4.69, 9.17) is 21.1 Å². The summed E-state index contributed by atoms with van der Waals surface area (Å²) in [6.45, 7) is 5.09. The molecule has 3 rings (SSSR count). The first-order valence-electron chi connectivity index (χ1n) is 10.0. The first kappa shape index (κ1) is 25.2. The molecular weight excluding hydrogens is 479 g/mol. The van der Waals surface area contributed by atoms with Crippen molar-refractivity contribution >= 4 is 17.6 Å². The van der Waals surface area contributed by atoms with Gasteiger partial charge in [-0.2, -0.15) is 5.10 Å². The van der Waals surface area contributed by atoms with Gasteiger partial charge in [-0.1, -0.05) is 17.7 Å². The number of ether oxygens (including phenoxy) is 3. The molecule has 0 saturated heterocycles. The number of carbonyl (C=O) groups is 1. The number of nitrogens with zero attached hydrogens (tertiary/aromatic N) is 3. The molecule has 0 radical (unpaired) electrons. The van der Waals surface area contributed by atoms with Gasteiger partial charge in [-0.05, 0) is 62.7 Å². The van der Waals surface area contributed by atoms with Crippen LogP contribution >= 0.6 is 11.6 Å². The van der Waals surface area contributed by atoms with Crippen molar-refractivity contribution in [2.75, 3.05) is 6.61 Å². The highest BCUT2D eigenvalue weighted by Gasteiger charge is 2.32. The van der Waals surface area contributed by atoms with Crippen LogP contribution in [0.2, 0.25) is 5.02 Å². The second-order valence-electron chi connectivity index (χ2n) is 7.58. The van der Waals surface area contributed by atoms with Crippen molar-refractivity contribution in [2.24, 2.45) is 0 Å². The number of rotatable bonds is 8. The SMILES string of the molecule is CCOC(=O)C(C)(C)Oc1ccc(Cn2ncn(-c3ccc(OC(F)(F)F)cc3)c2=O)cc1Cl. The number of hydrogen-bond acceptors (Lipinski definition) is 6. The third-order valence-electron chi connectivity index (χ3n) is 4.54. The van der Waals surface area contributed by atoms with Gasteiger partial charge in [0.15, 0.2) is 5.60 Å². The zero-order valence-electron chi connectivity index (χ0n) is 18.4. The quantitative estimate of drug-likeness (QED) is 0.428. The number of esters is 1. The summed E-state index contributed by atoms with van der Waals surface area (Å²) in [7, 11) is 0. The lowest BCUT2D eigenvalue weighted by molar-refractivity contribution is -0.274. The van der Waals surface area contributed by atoms with Gasteiger partial charge in [0.1, 0.15) is 17.8 Å². The van der Waals surface area contributed by atoms with Crippen molar-refractivity contribution < 1.29 is 32.2 Å². The average molecular weight is 500 g/mol. The van der Waals surface area contributed by atoms with Crippen LogP contribution < -0.4 is 15.2 Å². The lowest BCUT2D eigenvalue weighted by Crippen LogP contribution is -2.39. The van der Waals surface area contributed by atoms with E-state index in [0.29, 0.717) is 11.3 Å². The van der Waals surface area contributed by atoms with E-state index in [1.807, 2.05) is 0 Å². The maximum absolute atomic E-state index is 12.7. The minimum Gasteiger partial charge on any atom is -0.475 e. The van der Waals surface area contributed by atoms with E-state index in [-0.39, 0.29) is 23.9 Å². The van der Waals surface area contributed by atoms with E-state index < -0.39 is 29.4 Å². The fourth-order valence-corrected chi connectivity index (χ4v) is 3.19. The molecule has 0 amide bonds. The highest BCUT2D eigenvalue weighted by atomic mass is 35.5. The van der Waals surface area contributed by atoms with Gasteiger partial charge in [-0.3, -0.25) is 0 Å². The van der Waals surface area contributed by atoms with Crippen LogP contribution in [0, 0.1) is 0 Å². The molecule has 0 fully saturated rings. The maximum Gasteiger partial charge on any atom is 0.573 e. The van der Waals surface area contributed by atoms with Crippen LogP contribution in [0.25, 0.3) is 5.69 Å². The zero-order valence-corrected chi connectivity index (χ0v) is 19.2. The summed E-state index contributed by atoms with van der Waals surface area (Å²) in [5.74, 6) is -0.674. The molecule has 0 aliphatic rings. The molecule has 0 unspecified atom stereocenters. The summed E-state index contributed by atoms with van der Waals surface area (Å²) in [4.78, 5) is 24.7. The lowest BCUT2D eigenvalue weighted by Gasteiger charge is -2.24. The Morgan fingerprint density at radius 3 is 2.35 bits per heavy atom. The highest BCUT2D eigenvalue weighted by molar-refractivity contribution is 6.32. The molecule has 0 aliphatic carbocycles. The van der Waals surface area contributed by atoms with Crippen molar-refractivity contribution in [3.8, 4) is 17.2 Å². The summed E-state index contributed by atoms with van der Waals surface area (Å²) in [5, 5.41) is 4.27. The van der Waals surface area contributed by atoms with Crippen LogP contribution in [0.15, 0.2) is 53.6 Å². The molecule has 8 nitrogen and oxygen atoms in total. The van der Waals surface area contributed by atoms with Crippen LogP contribution in [0.5, 0.6) is 11.5 Å². The van der Waals surface area contributed by atoms with Gasteiger partial charge in [0.2, 0.25) is 0 Å². The monoisotopic (exact) mass is 499 g/mol. The Hall–Kier alpha value is -3.47. The van der Waals surface area contributed by atoms with E-state index in [1.165, 1.54) is 23.0 Å². The van der Waals surface area contributed by atoms with Gasteiger partial charge in [0.25, 0.3) is 0 Å². The molecule has 2 aromatic carbocycles. The highest BCUT2D eigenvalue weighted by Crippen LogP contribution is 2.29. The van der Waals surface area contributed by atoms with Gasteiger partial charge in [-0.15, -0.1) is 13.2 Å². The van der Waals surface area contributed by atoms with Crippen LogP contribution in [0.1, 0.15) is 26.3 Å². The number of halogens is 4. The van der Waals surface area contributed by atoms with Gasteiger partial charge in [0.05, 0.1) is 23.9 Å².